The van der Waals surface area contributed by atoms with Gasteiger partial charge in [-0.1, -0.05) is 25.1 Å². The zero-order valence-corrected chi connectivity index (χ0v) is 12.0. The first-order chi connectivity index (χ1) is 10.1. The number of hydrogen-bond acceptors (Lipinski definition) is 2. The molecule has 0 bridgehead atoms. The van der Waals surface area contributed by atoms with Crippen molar-refractivity contribution in [1.82, 2.24) is 4.98 Å². The molecular weight excluding hydrogens is 264 g/mol. The number of aromatic amines is 1. The molecule has 0 saturated carbocycles. The number of pyridine rings is 1. The molecule has 0 spiro atoms. The number of carbonyl (C=O) groups excluding carboxylic acids is 1. The molecule has 0 unspecified atom stereocenters. The van der Waals surface area contributed by atoms with Crippen molar-refractivity contribution in [3.63, 3.8) is 0 Å². The summed E-state index contributed by atoms with van der Waals surface area (Å²) < 4.78 is 0. The van der Waals surface area contributed by atoms with E-state index >= 15 is 0 Å². The minimum Gasteiger partial charge on any atom is -0.325 e. The molecule has 1 aliphatic carbocycles. The third-order valence-electron chi connectivity index (χ3n) is 3.95. The number of fused-ring (bicyclic) bond motifs is 1. The minimum absolute atomic E-state index is 0.187. The molecule has 21 heavy (non-hydrogen) atoms. The van der Waals surface area contributed by atoms with E-state index < -0.39 is 0 Å². The minimum atomic E-state index is -0.358. The maximum atomic E-state index is 12.3. The highest BCUT2D eigenvalue weighted by molar-refractivity contribution is 6.04. The molecule has 4 heteroatoms. The fourth-order valence-corrected chi connectivity index (χ4v) is 2.77. The van der Waals surface area contributed by atoms with E-state index in [1.807, 2.05) is 18.2 Å². The SMILES string of the molecule is C[C@@H]1CCc2[nH]c(=O)c(C(=O)Nc3ccccc3)cc2C1. The first-order valence-electron chi connectivity index (χ1n) is 7.25. The van der Waals surface area contributed by atoms with Gasteiger partial charge in [-0.15, -0.1) is 0 Å². The smallest absolute Gasteiger partial charge is 0.261 e. The van der Waals surface area contributed by atoms with Gasteiger partial charge in [-0.25, -0.2) is 0 Å². The molecule has 0 aliphatic heterocycles. The van der Waals surface area contributed by atoms with Crippen LogP contribution in [0.25, 0.3) is 0 Å². The molecule has 1 aromatic heterocycles. The van der Waals surface area contributed by atoms with Gasteiger partial charge in [0.2, 0.25) is 0 Å². The number of nitrogens with one attached hydrogen (secondary N) is 2. The van der Waals surface area contributed by atoms with Gasteiger partial charge in [0.1, 0.15) is 5.56 Å². The van der Waals surface area contributed by atoms with Crippen molar-refractivity contribution in [1.29, 1.82) is 0 Å². The second-order valence-corrected chi connectivity index (χ2v) is 5.68. The number of hydrogen-bond donors (Lipinski definition) is 2. The third-order valence-corrected chi connectivity index (χ3v) is 3.95. The van der Waals surface area contributed by atoms with Gasteiger partial charge in [0.25, 0.3) is 11.5 Å². The van der Waals surface area contributed by atoms with Crippen LogP contribution in [-0.2, 0) is 12.8 Å². The standard InChI is InChI=1S/C17H18N2O2/c1-11-7-8-15-12(9-11)10-14(17(21)19-15)16(20)18-13-5-3-2-4-6-13/h2-6,10-11H,7-9H2,1H3,(H,18,20)(H,19,21)/t11-/m1/s1. The molecule has 1 aromatic carbocycles. The van der Waals surface area contributed by atoms with Gasteiger partial charge in [0, 0.05) is 11.4 Å². The molecule has 4 nitrogen and oxygen atoms in total. The van der Waals surface area contributed by atoms with E-state index in [0.29, 0.717) is 11.6 Å². The van der Waals surface area contributed by atoms with Crippen molar-refractivity contribution in [2.24, 2.45) is 5.92 Å². The van der Waals surface area contributed by atoms with Crippen LogP contribution in [0.2, 0.25) is 0 Å². The molecule has 1 amide bonds. The molecule has 0 saturated heterocycles. The molecule has 3 rings (SSSR count). The van der Waals surface area contributed by atoms with Crippen molar-refractivity contribution >= 4 is 11.6 Å². The zero-order valence-electron chi connectivity index (χ0n) is 12.0. The average Bonchev–Trinajstić information content (AvgIpc) is 2.48. The van der Waals surface area contributed by atoms with Crippen LogP contribution < -0.4 is 10.9 Å². The maximum Gasteiger partial charge on any atom is 0.261 e. The van der Waals surface area contributed by atoms with Crippen molar-refractivity contribution in [2.45, 2.75) is 26.2 Å². The van der Waals surface area contributed by atoms with Crippen LogP contribution in [0.3, 0.4) is 0 Å². The van der Waals surface area contributed by atoms with Crippen molar-refractivity contribution < 1.29 is 4.79 Å². The van der Waals surface area contributed by atoms with Gasteiger partial charge in [0.05, 0.1) is 0 Å². The van der Waals surface area contributed by atoms with Crippen LogP contribution >= 0.6 is 0 Å². The predicted molar refractivity (Wildman–Crippen MR) is 82.6 cm³/mol. The van der Waals surface area contributed by atoms with E-state index in [-0.39, 0.29) is 17.0 Å². The summed E-state index contributed by atoms with van der Waals surface area (Å²) in [6.45, 7) is 2.19. The number of carbonyl (C=O) groups is 1. The van der Waals surface area contributed by atoms with Crippen LogP contribution in [0.4, 0.5) is 5.69 Å². The summed E-state index contributed by atoms with van der Waals surface area (Å²) >= 11 is 0. The summed E-state index contributed by atoms with van der Waals surface area (Å²) in [5.74, 6) is 0.233. The molecule has 2 aromatic rings. The van der Waals surface area contributed by atoms with Gasteiger partial charge < -0.3 is 10.3 Å². The number of amides is 1. The van der Waals surface area contributed by atoms with E-state index in [2.05, 4.69) is 17.2 Å². The summed E-state index contributed by atoms with van der Waals surface area (Å²) in [6, 6.07) is 10.9. The lowest BCUT2D eigenvalue weighted by molar-refractivity contribution is 0.102. The summed E-state index contributed by atoms with van der Waals surface area (Å²) in [6.07, 6.45) is 2.88. The lowest BCUT2D eigenvalue weighted by Crippen LogP contribution is -2.27. The topological polar surface area (TPSA) is 62.0 Å². The Morgan fingerprint density at radius 1 is 1.29 bits per heavy atom. The maximum absolute atomic E-state index is 12.3. The lowest BCUT2D eigenvalue weighted by atomic mass is 9.87. The molecule has 1 aliphatic rings. The number of rotatable bonds is 2. The Morgan fingerprint density at radius 3 is 2.81 bits per heavy atom. The Bertz CT molecular complexity index is 719. The van der Waals surface area contributed by atoms with Crippen LogP contribution in [0.1, 0.15) is 35.0 Å². The quantitative estimate of drug-likeness (QED) is 0.889. The highest BCUT2D eigenvalue weighted by Crippen LogP contribution is 2.23. The number of para-hydroxylation sites is 1. The number of benzene rings is 1. The second kappa shape index (κ2) is 5.56. The number of aromatic nitrogens is 1. The Hall–Kier alpha value is -2.36. The highest BCUT2D eigenvalue weighted by Gasteiger charge is 2.20. The molecule has 0 fully saturated rings. The Morgan fingerprint density at radius 2 is 2.05 bits per heavy atom. The van der Waals surface area contributed by atoms with Gasteiger partial charge in [-0.2, -0.15) is 0 Å². The van der Waals surface area contributed by atoms with Crippen LogP contribution in [0, 0.1) is 5.92 Å². The number of aryl methyl sites for hydroxylation is 1. The summed E-state index contributed by atoms with van der Waals surface area (Å²) in [5, 5.41) is 2.76. The van der Waals surface area contributed by atoms with Crippen molar-refractivity contribution in [3.8, 4) is 0 Å². The molecule has 2 N–H and O–H groups in total. The normalized spacial score (nSPS) is 17.1. The summed E-state index contributed by atoms with van der Waals surface area (Å²) in [5.41, 5.74) is 2.64. The zero-order chi connectivity index (χ0) is 14.8. The Kier molecular flexibility index (Phi) is 3.60. The van der Waals surface area contributed by atoms with E-state index in [1.54, 1.807) is 18.2 Å². The van der Waals surface area contributed by atoms with Crippen LogP contribution in [0.5, 0.6) is 0 Å². The molecule has 108 valence electrons. The second-order valence-electron chi connectivity index (χ2n) is 5.68. The first-order valence-corrected chi connectivity index (χ1v) is 7.25. The van der Waals surface area contributed by atoms with E-state index in [0.717, 1.165) is 30.5 Å². The van der Waals surface area contributed by atoms with E-state index in [1.165, 1.54) is 0 Å². The van der Waals surface area contributed by atoms with Crippen LogP contribution in [0.15, 0.2) is 41.2 Å². The van der Waals surface area contributed by atoms with Gasteiger partial charge in [0.15, 0.2) is 0 Å². The first kappa shape index (κ1) is 13.6. The van der Waals surface area contributed by atoms with Gasteiger partial charge >= 0.3 is 0 Å². The molecular formula is C17H18N2O2. The van der Waals surface area contributed by atoms with E-state index in [9.17, 15) is 9.59 Å². The van der Waals surface area contributed by atoms with Gasteiger partial charge in [-0.05, 0) is 48.9 Å². The highest BCUT2D eigenvalue weighted by atomic mass is 16.2. The fraction of sp³-hybridized carbons (Fsp3) is 0.294. The lowest BCUT2D eigenvalue weighted by Gasteiger charge is -2.21. The monoisotopic (exact) mass is 282 g/mol. The summed E-state index contributed by atoms with van der Waals surface area (Å²) in [4.78, 5) is 27.2. The molecule has 0 radical (unpaired) electrons. The predicted octanol–water partition coefficient (Wildman–Crippen LogP) is 2.75. The Balaban J connectivity index is 1.90. The van der Waals surface area contributed by atoms with E-state index in [4.69, 9.17) is 0 Å². The number of H-pyrrole nitrogens is 1. The average molecular weight is 282 g/mol. The molecule has 1 atom stereocenters. The Labute approximate surface area is 123 Å². The number of anilines is 1. The van der Waals surface area contributed by atoms with Crippen LogP contribution in [-0.4, -0.2) is 10.9 Å². The third kappa shape index (κ3) is 2.89. The molecule has 1 heterocycles. The van der Waals surface area contributed by atoms with Gasteiger partial charge in [-0.3, -0.25) is 9.59 Å². The summed E-state index contributed by atoms with van der Waals surface area (Å²) in [7, 11) is 0. The van der Waals surface area contributed by atoms with Crippen molar-refractivity contribution in [3.05, 3.63) is 63.6 Å². The van der Waals surface area contributed by atoms with Crippen molar-refractivity contribution in [2.75, 3.05) is 5.32 Å². The fourth-order valence-electron chi connectivity index (χ4n) is 2.77. The largest absolute Gasteiger partial charge is 0.325 e.